The first-order chi connectivity index (χ1) is 11.7. The Morgan fingerprint density at radius 2 is 2.08 bits per heavy atom. The van der Waals surface area contributed by atoms with Crippen LogP contribution in [0.2, 0.25) is 0 Å². The Labute approximate surface area is 144 Å². The van der Waals surface area contributed by atoms with Gasteiger partial charge >= 0.3 is 0 Å². The molecule has 1 aromatic carbocycles. The molecule has 0 aliphatic carbocycles. The van der Waals surface area contributed by atoms with Crippen LogP contribution in [-0.4, -0.2) is 25.9 Å². The number of hydrogen-bond acceptors (Lipinski definition) is 5. The van der Waals surface area contributed by atoms with Crippen molar-refractivity contribution in [2.24, 2.45) is 0 Å². The Balaban J connectivity index is 1.60. The van der Waals surface area contributed by atoms with Gasteiger partial charge in [-0.25, -0.2) is 0 Å². The molecule has 24 heavy (non-hydrogen) atoms. The average Bonchev–Trinajstić information content (AvgIpc) is 3.23. The van der Waals surface area contributed by atoms with Gasteiger partial charge in [0.25, 0.3) is 5.91 Å². The molecule has 0 unspecified atom stereocenters. The van der Waals surface area contributed by atoms with Gasteiger partial charge in [-0.15, -0.1) is 10.2 Å². The Kier molecular flexibility index (Phi) is 5.32. The molecule has 3 aromatic rings. The number of nitrogens with zero attached hydrogens (tertiary/aromatic N) is 4. The van der Waals surface area contributed by atoms with Crippen molar-refractivity contribution in [1.29, 1.82) is 0 Å². The molecule has 0 saturated heterocycles. The summed E-state index contributed by atoms with van der Waals surface area (Å²) in [5.74, 6) is -0.215. The van der Waals surface area contributed by atoms with Crippen molar-refractivity contribution in [1.82, 2.24) is 20.0 Å². The van der Waals surface area contributed by atoms with Gasteiger partial charge in [0.1, 0.15) is 5.01 Å². The van der Waals surface area contributed by atoms with Gasteiger partial charge in [-0.05, 0) is 12.0 Å². The molecule has 2 heterocycles. The minimum atomic E-state index is -0.215. The van der Waals surface area contributed by atoms with Gasteiger partial charge in [-0.1, -0.05) is 55.0 Å². The normalized spacial score (nSPS) is 10.7. The van der Waals surface area contributed by atoms with E-state index in [1.807, 2.05) is 30.3 Å². The van der Waals surface area contributed by atoms with Crippen LogP contribution in [0, 0.1) is 0 Å². The second-order valence-electron chi connectivity index (χ2n) is 5.47. The zero-order chi connectivity index (χ0) is 16.8. The molecule has 124 valence electrons. The number of carbonyl (C=O) groups excluding carboxylic acids is 1. The maximum absolute atomic E-state index is 12.3. The van der Waals surface area contributed by atoms with Gasteiger partial charge in [0.2, 0.25) is 5.13 Å². The minimum absolute atomic E-state index is 0.215. The van der Waals surface area contributed by atoms with E-state index in [1.165, 1.54) is 11.3 Å². The van der Waals surface area contributed by atoms with Crippen LogP contribution in [0.5, 0.6) is 0 Å². The van der Waals surface area contributed by atoms with Gasteiger partial charge in [-0.2, -0.15) is 5.10 Å². The lowest BCUT2D eigenvalue weighted by atomic mass is 10.2. The molecular formula is C17H19N5OS. The lowest BCUT2D eigenvalue weighted by Crippen LogP contribution is -2.11. The molecule has 1 N–H and O–H groups in total. The van der Waals surface area contributed by atoms with Crippen molar-refractivity contribution in [2.45, 2.75) is 32.7 Å². The summed E-state index contributed by atoms with van der Waals surface area (Å²) >= 11 is 1.42. The highest BCUT2D eigenvalue weighted by molar-refractivity contribution is 7.15. The average molecular weight is 341 g/mol. The largest absolute Gasteiger partial charge is 0.296 e. The summed E-state index contributed by atoms with van der Waals surface area (Å²) in [5.41, 5.74) is 1.65. The highest BCUT2D eigenvalue weighted by atomic mass is 32.1. The number of amides is 1. The lowest BCUT2D eigenvalue weighted by molar-refractivity contribution is 0.102. The van der Waals surface area contributed by atoms with Gasteiger partial charge in [0, 0.05) is 12.6 Å². The first-order valence-corrected chi connectivity index (χ1v) is 8.76. The molecule has 0 radical (unpaired) electrons. The second-order valence-corrected chi connectivity index (χ2v) is 6.53. The summed E-state index contributed by atoms with van der Waals surface area (Å²) in [7, 11) is 0. The van der Waals surface area contributed by atoms with E-state index in [2.05, 4.69) is 27.5 Å². The standard InChI is InChI=1S/C17H19N5OS/c1-2-3-9-15-20-21-17(24-15)19-16(23)14-10-18-22(12-14)11-13-7-5-4-6-8-13/h4-8,10,12H,2-3,9,11H2,1H3,(H,19,21,23). The fraction of sp³-hybridized carbons (Fsp3) is 0.294. The zero-order valence-electron chi connectivity index (χ0n) is 13.5. The molecule has 0 atom stereocenters. The number of anilines is 1. The van der Waals surface area contributed by atoms with Crippen LogP contribution in [0.4, 0.5) is 5.13 Å². The van der Waals surface area contributed by atoms with Gasteiger partial charge in [0.15, 0.2) is 0 Å². The molecule has 7 heteroatoms. The van der Waals surface area contributed by atoms with Crippen molar-refractivity contribution < 1.29 is 4.79 Å². The number of nitrogens with one attached hydrogen (secondary N) is 1. The van der Waals surface area contributed by atoms with Crippen LogP contribution in [0.1, 0.15) is 40.7 Å². The Morgan fingerprint density at radius 1 is 1.25 bits per heavy atom. The summed E-state index contributed by atoms with van der Waals surface area (Å²) in [5, 5.41) is 16.6. The van der Waals surface area contributed by atoms with Crippen molar-refractivity contribution in [3.8, 4) is 0 Å². The first kappa shape index (κ1) is 16.3. The maximum atomic E-state index is 12.3. The molecular weight excluding hydrogens is 322 g/mol. The Morgan fingerprint density at radius 3 is 2.88 bits per heavy atom. The van der Waals surface area contributed by atoms with Gasteiger partial charge in [-0.3, -0.25) is 14.8 Å². The summed E-state index contributed by atoms with van der Waals surface area (Å²) in [6, 6.07) is 10.00. The zero-order valence-corrected chi connectivity index (χ0v) is 14.3. The van der Waals surface area contributed by atoms with Crippen LogP contribution in [0.15, 0.2) is 42.7 Å². The molecule has 3 rings (SSSR count). The Hall–Kier alpha value is -2.54. The third-order valence-electron chi connectivity index (χ3n) is 3.51. The van der Waals surface area contributed by atoms with E-state index in [0.717, 1.165) is 29.8 Å². The third kappa shape index (κ3) is 4.26. The molecule has 0 spiro atoms. The van der Waals surface area contributed by atoms with E-state index >= 15 is 0 Å². The number of rotatable bonds is 7. The highest BCUT2D eigenvalue weighted by Crippen LogP contribution is 2.18. The SMILES string of the molecule is CCCCc1nnc(NC(=O)c2cnn(Cc3ccccc3)c2)s1. The summed E-state index contributed by atoms with van der Waals surface area (Å²) in [6.45, 7) is 2.77. The molecule has 0 saturated carbocycles. The van der Waals surface area contributed by atoms with Crippen LogP contribution in [0.3, 0.4) is 0 Å². The summed E-state index contributed by atoms with van der Waals surface area (Å²) < 4.78 is 1.75. The van der Waals surface area contributed by atoms with Crippen molar-refractivity contribution >= 4 is 22.4 Å². The van der Waals surface area contributed by atoms with Crippen LogP contribution >= 0.6 is 11.3 Å². The lowest BCUT2D eigenvalue weighted by Gasteiger charge is -2.00. The molecule has 0 aliphatic heterocycles. The summed E-state index contributed by atoms with van der Waals surface area (Å²) in [6.07, 6.45) is 6.40. The smallest absolute Gasteiger partial charge is 0.260 e. The number of unbranched alkanes of at least 4 members (excludes halogenated alkanes) is 1. The topological polar surface area (TPSA) is 72.7 Å². The fourth-order valence-corrected chi connectivity index (χ4v) is 3.02. The van der Waals surface area contributed by atoms with Gasteiger partial charge in [0.05, 0.1) is 18.3 Å². The van der Waals surface area contributed by atoms with E-state index < -0.39 is 0 Å². The number of hydrogen-bond donors (Lipinski definition) is 1. The second kappa shape index (κ2) is 7.83. The molecule has 0 fully saturated rings. The minimum Gasteiger partial charge on any atom is -0.296 e. The molecule has 1 amide bonds. The van der Waals surface area contributed by atoms with E-state index in [1.54, 1.807) is 17.1 Å². The third-order valence-corrected chi connectivity index (χ3v) is 4.41. The van der Waals surface area contributed by atoms with Crippen molar-refractivity contribution in [2.75, 3.05) is 5.32 Å². The molecule has 0 aliphatic rings. The van der Waals surface area contributed by atoms with Crippen LogP contribution < -0.4 is 5.32 Å². The van der Waals surface area contributed by atoms with E-state index in [-0.39, 0.29) is 5.91 Å². The fourth-order valence-electron chi connectivity index (χ4n) is 2.24. The van der Waals surface area contributed by atoms with E-state index in [9.17, 15) is 4.79 Å². The van der Waals surface area contributed by atoms with Crippen LogP contribution in [-0.2, 0) is 13.0 Å². The Bertz CT molecular complexity index is 796. The molecule has 2 aromatic heterocycles. The number of carbonyl (C=O) groups is 1. The van der Waals surface area contributed by atoms with Gasteiger partial charge < -0.3 is 0 Å². The molecule has 0 bridgehead atoms. The monoisotopic (exact) mass is 341 g/mol. The number of benzene rings is 1. The first-order valence-electron chi connectivity index (χ1n) is 7.94. The van der Waals surface area contributed by atoms with Crippen molar-refractivity contribution in [3.63, 3.8) is 0 Å². The quantitative estimate of drug-likeness (QED) is 0.715. The summed E-state index contributed by atoms with van der Waals surface area (Å²) in [4.78, 5) is 12.3. The van der Waals surface area contributed by atoms with Crippen LogP contribution in [0.25, 0.3) is 0 Å². The maximum Gasteiger partial charge on any atom is 0.260 e. The predicted octanol–water partition coefficient (Wildman–Crippen LogP) is 3.38. The highest BCUT2D eigenvalue weighted by Gasteiger charge is 2.12. The number of aromatic nitrogens is 4. The number of aryl methyl sites for hydroxylation is 1. The van der Waals surface area contributed by atoms with E-state index in [0.29, 0.717) is 17.2 Å². The van der Waals surface area contributed by atoms with E-state index in [4.69, 9.17) is 0 Å². The molecule has 6 nitrogen and oxygen atoms in total. The predicted molar refractivity (Wildman–Crippen MR) is 94.2 cm³/mol. The van der Waals surface area contributed by atoms with Crippen molar-refractivity contribution in [3.05, 3.63) is 58.9 Å².